The second-order valence-electron chi connectivity index (χ2n) is 3.44. The highest BCUT2D eigenvalue weighted by Crippen LogP contribution is 2.09. The fourth-order valence-electron chi connectivity index (χ4n) is 1.37. The summed E-state index contributed by atoms with van der Waals surface area (Å²) in [5.74, 6) is 0. The van der Waals surface area contributed by atoms with Crippen molar-refractivity contribution in [3.63, 3.8) is 0 Å². The van der Waals surface area contributed by atoms with Crippen LogP contribution in [0.25, 0.3) is 0 Å². The minimum Gasteiger partial charge on any atom is -0.430 e. The quantitative estimate of drug-likeness (QED) is 0.586. The molecule has 1 aliphatic rings. The summed E-state index contributed by atoms with van der Waals surface area (Å²) in [6.07, 6.45) is 16.2. The molecule has 84 valence electrons. The van der Waals surface area contributed by atoms with Crippen molar-refractivity contribution < 1.29 is 8.39 Å². The summed E-state index contributed by atoms with van der Waals surface area (Å²) in [7, 11) is 0.121. The summed E-state index contributed by atoms with van der Waals surface area (Å²) in [6, 6.07) is 3.56. The second kappa shape index (κ2) is 9.67. The van der Waals surface area contributed by atoms with Gasteiger partial charge < -0.3 is 8.39 Å². The maximum absolute atomic E-state index is 4.76. The normalized spacial score (nSPS) is 15.5. The molecular weight excluding hydrogens is 207 g/mol. The van der Waals surface area contributed by atoms with Crippen LogP contribution < -0.4 is 0 Å². The van der Waals surface area contributed by atoms with Gasteiger partial charge in [-0.15, -0.1) is 0 Å². The zero-order chi connectivity index (χ0) is 10.6. The monoisotopic (exact) mass is 226 g/mol. The van der Waals surface area contributed by atoms with E-state index in [0.717, 1.165) is 0 Å². The lowest BCUT2D eigenvalue weighted by Crippen LogP contribution is -1.80. The third kappa shape index (κ3) is 8.14. The van der Waals surface area contributed by atoms with Crippen LogP contribution in [0.2, 0.25) is 0 Å². The van der Waals surface area contributed by atoms with Gasteiger partial charge in [0.05, 0.1) is 12.5 Å². The lowest BCUT2D eigenvalue weighted by atomic mass is 10.1. The van der Waals surface area contributed by atoms with E-state index in [1.165, 1.54) is 38.5 Å². The molecule has 0 aliphatic heterocycles. The van der Waals surface area contributed by atoms with Gasteiger partial charge in [0.1, 0.15) is 0 Å². The van der Waals surface area contributed by atoms with Gasteiger partial charge in [-0.05, 0) is 37.8 Å². The summed E-state index contributed by atoms with van der Waals surface area (Å²) in [5.41, 5.74) is 0. The Hall–Kier alpha value is -0.880. The van der Waals surface area contributed by atoms with Crippen molar-refractivity contribution in [2.45, 2.75) is 38.5 Å². The van der Waals surface area contributed by atoms with E-state index in [9.17, 15) is 0 Å². The van der Waals surface area contributed by atoms with Gasteiger partial charge in [0.15, 0.2) is 8.67 Å². The molecule has 1 heterocycles. The van der Waals surface area contributed by atoms with Crippen LogP contribution in [0.1, 0.15) is 38.5 Å². The first-order valence-corrected chi connectivity index (χ1v) is 6.35. The molecule has 0 fully saturated rings. The second-order valence-corrected chi connectivity index (χ2v) is 4.08. The van der Waals surface area contributed by atoms with Gasteiger partial charge in [0.2, 0.25) is 0 Å². The highest BCUT2D eigenvalue weighted by atomic mass is 31.1. The van der Waals surface area contributed by atoms with Gasteiger partial charge in [-0.25, -0.2) is 0 Å². The fourth-order valence-corrected chi connectivity index (χ4v) is 1.69. The molecule has 0 radical (unpaired) electrons. The van der Waals surface area contributed by atoms with E-state index in [0.29, 0.717) is 0 Å². The van der Waals surface area contributed by atoms with E-state index in [-0.39, 0.29) is 8.67 Å². The highest BCUT2D eigenvalue weighted by molar-refractivity contribution is 7.15. The van der Waals surface area contributed by atoms with Crippen molar-refractivity contribution in [3.8, 4) is 0 Å². The molecule has 0 saturated carbocycles. The summed E-state index contributed by atoms with van der Waals surface area (Å²) >= 11 is 0. The zero-order valence-electron chi connectivity index (χ0n) is 9.02. The van der Waals surface area contributed by atoms with Crippen molar-refractivity contribution in [3.05, 3.63) is 36.8 Å². The first-order valence-electron chi connectivity index (χ1n) is 5.53. The molecule has 0 aromatic carbocycles. The summed E-state index contributed by atoms with van der Waals surface area (Å²) in [5, 5.41) is 0. The molecule has 0 spiro atoms. The third-order valence-electron chi connectivity index (χ3n) is 2.16. The smallest absolute Gasteiger partial charge is 0.200 e. The van der Waals surface area contributed by atoms with Crippen LogP contribution >= 0.6 is 8.67 Å². The topological polar surface area (TPSA) is 26.3 Å². The van der Waals surface area contributed by atoms with E-state index >= 15 is 0 Å². The largest absolute Gasteiger partial charge is 0.430 e. The molecule has 1 aromatic rings. The Morgan fingerprint density at radius 1 is 0.733 bits per heavy atom. The summed E-state index contributed by atoms with van der Waals surface area (Å²) in [4.78, 5) is 0. The van der Waals surface area contributed by atoms with Gasteiger partial charge >= 0.3 is 0 Å². The average molecular weight is 226 g/mol. The summed E-state index contributed by atoms with van der Waals surface area (Å²) < 4.78 is 9.51. The molecule has 15 heavy (non-hydrogen) atoms. The molecule has 0 atom stereocenters. The molecule has 0 bridgehead atoms. The zero-order valence-corrected chi connectivity index (χ0v) is 10.0. The molecule has 0 N–H and O–H groups in total. The summed E-state index contributed by atoms with van der Waals surface area (Å²) in [6.45, 7) is 0. The van der Waals surface area contributed by atoms with E-state index in [2.05, 4.69) is 12.2 Å². The van der Waals surface area contributed by atoms with Gasteiger partial charge in [0.25, 0.3) is 0 Å². The van der Waals surface area contributed by atoms with Crippen LogP contribution in [0.4, 0.5) is 0 Å². The molecule has 0 amide bonds. The van der Waals surface area contributed by atoms with Crippen molar-refractivity contribution in [2.75, 3.05) is 0 Å². The van der Waals surface area contributed by atoms with Crippen LogP contribution in [-0.2, 0) is 0 Å². The van der Waals surface area contributed by atoms with Crippen molar-refractivity contribution in [1.82, 2.24) is 0 Å². The lowest BCUT2D eigenvalue weighted by Gasteiger charge is -2.00. The Bertz CT molecular complexity index is 220. The van der Waals surface area contributed by atoms with Crippen molar-refractivity contribution in [2.24, 2.45) is 0 Å². The molecule has 1 aliphatic carbocycles. The van der Waals surface area contributed by atoms with Crippen molar-refractivity contribution >= 4 is 8.67 Å². The van der Waals surface area contributed by atoms with Crippen LogP contribution in [0, 0.1) is 0 Å². The van der Waals surface area contributed by atoms with Gasteiger partial charge in [-0.1, -0.05) is 25.0 Å². The van der Waals surface area contributed by atoms with Gasteiger partial charge in [-0.3, -0.25) is 0 Å². The molecular formula is C12H19O2P. The Balaban J connectivity index is 0.000000151. The predicted molar refractivity (Wildman–Crippen MR) is 64.9 cm³/mol. The average Bonchev–Trinajstić information content (AvgIpc) is 2.48. The van der Waals surface area contributed by atoms with E-state index in [4.69, 9.17) is 8.39 Å². The number of allylic oxidation sites excluding steroid dienone is 2. The fraction of sp³-hybridized carbons (Fsp3) is 0.500. The number of hydrogen-bond acceptors (Lipinski definition) is 2. The van der Waals surface area contributed by atoms with Gasteiger partial charge in [0, 0.05) is 0 Å². The van der Waals surface area contributed by atoms with Crippen LogP contribution in [0.5, 0.6) is 0 Å². The van der Waals surface area contributed by atoms with E-state index < -0.39 is 0 Å². The molecule has 2 nitrogen and oxygen atoms in total. The lowest BCUT2D eigenvalue weighted by molar-refractivity contribution is 0.609. The first kappa shape index (κ1) is 12.2. The Morgan fingerprint density at radius 3 is 1.80 bits per heavy atom. The van der Waals surface area contributed by atoms with E-state index in [1.54, 1.807) is 24.7 Å². The molecule has 3 heteroatoms. The predicted octanol–water partition coefficient (Wildman–Crippen LogP) is 4.93. The molecule has 0 saturated heterocycles. The minimum absolute atomic E-state index is 0.121. The maximum atomic E-state index is 4.76. The Labute approximate surface area is 93.0 Å². The third-order valence-corrected chi connectivity index (χ3v) is 2.62. The van der Waals surface area contributed by atoms with Gasteiger partial charge in [-0.2, -0.15) is 0 Å². The maximum Gasteiger partial charge on any atom is 0.200 e. The number of hydrogen-bond donors (Lipinski definition) is 0. The molecule has 0 unspecified atom stereocenters. The van der Waals surface area contributed by atoms with Crippen LogP contribution in [-0.4, -0.2) is 0 Å². The first-order chi connectivity index (χ1) is 7.50. The highest BCUT2D eigenvalue weighted by Gasteiger charge is 1.89. The molecule has 1 aromatic heterocycles. The standard InChI is InChI=1S/C8H14.C4H5O2P/c1-2-4-6-8-7-5-3-1;1-2-4-6-7-5-3-1/h1-2H,3-8H2;1-4,7H. The molecule has 2 rings (SSSR count). The Kier molecular flexibility index (Phi) is 7.86. The van der Waals surface area contributed by atoms with Crippen LogP contribution in [0.15, 0.2) is 45.2 Å². The number of rotatable bonds is 0. The van der Waals surface area contributed by atoms with E-state index in [1.807, 2.05) is 0 Å². The minimum atomic E-state index is 0.121. The Morgan fingerprint density at radius 2 is 1.27 bits per heavy atom. The van der Waals surface area contributed by atoms with Crippen molar-refractivity contribution in [1.29, 1.82) is 0 Å². The SMILES string of the molecule is C1=CCCCCCC1.c1cco[pH]oc1. The van der Waals surface area contributed by atoms with Crippen LogP contribution in [0.3, 0.4) is 0 Å².